The van der Waals surface area contributed by atoms with Crippen LogP contribution in [-0.4, -0.2) is 20.9 Å². The van der Waals surface area contributed by atoms with E-state index in [9.17, 15) is 5.11 Å². The lowest BCUT2D eigenvalue weighted by Crippen LogP contribution is -1.98. The molecular formula is C16H14N2OS. The SMILES string of the molecule is CSc1ncc(-c2ccccc2)n1-c1ccc(O)cc1. The summed E-state index contributed by atoms with van der Waals surface area (Å²) in [6.45, 7) is 0. The lowest BCUT2D eigenvalue weighted by Gasteiger charge is -2.11. The Morgan fingerprint density at radius 3 is 2.35 bits per heavy atom. The highest BCUT2D eigenvalue weighted by Crippen LogP contribution is 2.29. The van der Waals surface area contributed by atoms with Crippen LogP contribution in [0.2, 0.25) is 0 Å². The van der Waals surface area contributed by atoms with Gasteiger partial charge in [-0.25, -0.2) is 4.98 Å². The largest absolute Gasteiger partial charge is 0.508 e. The Morgan fingerprint density at radius 2 is 1.70 bits per heavy atom. The van der Waals surface area contributed by atoms with Gasteiger partial charge in [-0.15, -0.1) is 0 Å². The van der Waals surface area contributed by atoms with Gasteiger partial charge in [0, 0.05) is 11.3 Å². The van der Waals surface area contributed by atoms with E-state index < -0.39 is 0 Å². The van der Waals surface area contributed by atoms with Gasteiger partial charge in [-0.2, -0.15) is 0 Å². The molecule has 20 heavy (non-hydrogen) atoms. The summed E-state index contributed by atoms with van der Waals surface area (Å²) in [5, 5.41) is 10.4. The fourth-order valence-corrected chi connectivity index (χ4v) is 2.69. The van der Waals surface area contributed by atoms with Gasteiger partial charge < -0.3 is 5.11 Å². The minimum Gasteiger partial charge on any atom is -0.508 e. The lowest BCUT2D eigenvalue weighted by atomic mass is 10.1. The maximum absolute atomic E-state index is 9.44. The predicted molar refractivity (Wildman–Crippen MR) is 82.4 cm³/mol. The highest BCUT2D eigenvalue weighted by Gasteiger charge is 2.12. The first-order chi connectivity index (χ1) is 9.79. The topological polar surface area (TPSA) is 38.0 Å². The van der Waals surface area contributed by atoms with Crippen LogP contribution in [0.4, 0.5) is 0 Å². The summed E-state index contributed by atoms with van der Waals surface area (Å²) in [5.74, 6) is 0.265. The third-order valence-electron chi connectivity index (χ3n) is 3.09. The number of benzene rings is 2. The van der Waals surface area contributed by atoms with Crippen molar-refractivity contribution in [3.05, 3.63) is 60.8 Å². The molecule has 0 aliphatic rings. The average Bonchev–Trinajstić information content (AvgIpc) is 2.93. The summed E-state index contributed by atoms with van der Waals surface area (Å²) in [6, 6.07) is 17.3. The monoisotopic (exact) mass is 282 g/mol. The van der Waals surface area contributed by atoms with Crippen molar-refractivity contribution >= 4 is 11.8 Å². The average molecular weight is 282 g/mol. The second-order valence-electron chi connectivity index (χ2n) is 4.35. The standard InChI is InChI=1S/C16H14N2OS/c1-20-16-17-11-15(12-5-3-2-4-6-12)18(16)13-7-9-14(19)10-8-13/h2-11,19H,1H3. The minimum atomic E-state index is 0.265. The molecule has 0 bridgehead atoms. The van der Waals surface area contributed by atoms with Gasteiger partial charge in [-0.3, -0.25) is 4.57 Å². The molecular weight excluding hydrogens is 268 g/mol. The second-order valence-corrected chi connectivity index (χ2v) is 5.12. The summed E-state index contributed by atoms with van der Waals surface area (Å²) in [7, 11) is 0. The first-order valence-electron chi connectivity index (χ1n) is 6.26. The van der Waals surface area contributed by atoms with Crippen LogP contribution >= 0.6 is 11.8 Å². The molecule has 0 unspecified atom stereocenters. The molecule has 1 N–H and O–H groups in total. The summed E-state index contributed by atoms with van der Waals surface area (Å²) in [6.07, 6.45) is 3.89. The molecule has 3 rings (SSSR count). The third-order valence-corrected chi connectivity index (χ3v) is 3.74. The van der Waals surface area contributed by atoms with Gasteiger partial charge in [0.25, 0.3) is 0 Å². The van der Waals surface area contributed by atoms with E-state index in [1.54, 1.807) is 23.9 Å². The zero-order valence-electron chi connectivity index (χ0n) is 11.0. The Bertz CT molecular complexity index is 705. The number of imidazole rings is 1. The molecule has 1 heterocycles. The zero-order chi connectivity index (χ0) is 13.9. The summed E-state index contributed by atoms with van der Waals surface area (Å²) >= 11 is 1.60. The Hall–Kier alpha value is -2.20. The molecule has 0 atom stereocenters. The Morgan fingerprint density at radius 1 is 1.00 bits per heavy atom. The normalized spacial score (nSPS) is 10.7. The molecule has 0 fully saturated rings. The molecule has 0 saturated carbocycles. The van der Waals surface area contributed by atoms with Crippen LogP contribution in [0.25, 0.3) is 16.9 Å². The van der Waals surface area contributed by atoms with Crippen LogP contribution in [0.15, 0.2) is 66.0 Å². The van der Waals surface area contributed by atoms with E-state index in [-0.39, 0.29) is 5.75 Å². The molecule has 0 saturated heterocycles. The van der Waals surface area contributed by atoms with Gasteiger partial charge in [0.1, 0.15) is 5.75 Å². The number of hydrogen-bond donors (Lipinski definition) is 1. The lowest BCUT2D eigenvalue weighted by molar-refractivity contribution is 0.475. The molecule has 2 aromatic carbocycles. The van der Waals surface area contributed by atoms with Gasteiger partial charge in [0.2, 0.25) is 0 Å². The first kappa shape index (κ1) is 12.8. The number of hydrogen-bond acceptors (Lipinski definition) is 3. The van der Waals surface area contributed by atoms with Crippen LogP contribution in [0.1, 0.15) is 0 Å². The molecule has 3 aromatic rings. The van der Waals surface area contributed by atoms with E-state index in [1.807, 2.05) is 42.8 Å². The van der Waals surface area contributed by atoms with E-state index in [4.69, 9.17) is 0 Å². The van der Waals surface area contributed by atoms with Crippen molar-refractivity contribution in [2.75, 3.05) is 6.26 Å². The van der Waals surface area contributed by atoms with Crippen molar-refractivity contribution in [3.63, 3.8) is 0 Å². The van der Waals surface area contributed by atoms with Crippen molar-refractivity contribution in [2.24, 2.45) is 0 Å². The number of phenols is 1. The molecule has 1 aromatic heterocycles. The maximum atomic E-state index is 9.44. The summed E-state index contributed by atoms with van der Waals surface area (Å²) < 4.78 is 2.10. The zero-order valence-corrected chi connectivity index (χ0v) is 11.8. The predicted octanol–water partition coefficient (Wildman–Crippen LogP) is 3.97. The molecule has 3 nitrogen and oxygen atoms in total. The van der Waals surface area contributed by atoms with Crippen LogP contribution in [0.5, 0.6) is 5.75 Å². The van der Waals surface area contributed by atoms with Gasteiger partial charge in [-0.05, 0) is 30.5 Å². The molecule has 0 radical (unpaired) electrons. The van der Waals surface area contributed by atoms with Gasteiger partial charge in [0.05, 0.1) is 11.9 Å². The molecule has 0 aliphatic carbocycles. The molecule has 0 spiro atoms. The highest BCUT2D eigenvalue weighted by molar-refractivity contribution is 7.98. The van der Waals surface area contributed by atoms with Crippen molar-refractivity contribution in [3.8, 4) is 22.7 Å². The van der Waals surface area contributed by atoms with Crippen LogP contribution in [0, 0.1) is 0 Å². The van der Waals surface area contributed by atoms with Gasteiger partial charge in [0.15, 0.2) is 5.16 Å². The molecule has 4 heteroatoms. The van der Waals surface area contributed by atoms with Crippen LogP contribution in [0.3, 0.4) is 0 Å². The van der Waals surface area contributed by atoms with E-state index in [1.165, 1.54) is 0 Å². The second kappa shape index (κ2) is 5.43. The Balaban J connectivity index is 2.18. The van der Waals surface area contributed by atoms with E-state index in [0.29, 0.717) is 0 Å². The van der Waals surface area contributed by atoms with E-state index in [0.717, 1.165) is 22.1 Å². The van der Waals surface area contributed by atoms with Crippen molar-refractivity contribution < 1.29 is 5.11 Å². The maximum Gasteiger partial charge on any atom is 0.172 e. The summed E-state index contributed by atoms with van der Waals surface area (Å²) in [5.41, 5.74) is 3.15. The fraction of sp³-hybridized carbons (Fsp3) is 0.0625. The van der Waals surface area contributed by atoms with E-state index >= 15 is 0 Å². The van der Waals surface area contributed by atoms with Crippen LogP contribution in [-0.2, 0) is 0 Å². The van der Waals surface area contributed by atoms with Crippen LogP contribution < -0.4 is 0 Å². The molecule has 0 aliphatic heterocycles. The minimum absolute atomic E-state index is 0.265. The van der Waals surface area contributed by atoms with Crippen molar-refractivity contribution in [1.29, 1.82) is 0 Å². The highest BCUT2D eigenvalue weighted by atomic mass is 32.2. The fourth-order valence-electron chi connectivity index (χ4n) is 2.14. The van der Waals surface area contributed by atoms with Crippen molar-refractivity contribution in [1.82, 2.24) is 9.55 Å². The van der Waals surface area contributed by atoms with E-state index in [2.05, 4.69) is 21.7 Å². The smallest absolute Gasteiger partial charge is 0.172 e. The quantitative estimate of drug-likeness (QED) is 0.739. The van der Waals surface area contributed by atoms with Gasteiger partial charge >= 0.3 is 0 Å². The number of aromatic hydroxyl groups is 1. The third kappa shape index (κ3) is 2.30. The number of aromatic nitrogens is 2. The first-order valence-corrected chi connectivity index (χ1v) is 7.48. The number of thioether (sulfide) groups is 1. The van der Waals surface area contributed by atoms with Crippen molar-refractivity contribution in [2.45, 2.75) is 5.16 Å². The number of phenolic OH excluding ortho intramolecular Hbond substituents is 1. The molecule has 0 amide bonds. The summed E-state index contributed by atoms with van der Waals surface area (Å²) in [4.78, 5) is 4.47. The Labute approximate surface area is 121 Å². The van der Waals surface area contributed by atoms with Gasteiger partial charge in [-0.1, -0.05) is 42.1 Å². The molecule has 100 valence electrons. The number of nitrogens with zero attached hydrogens (tertiary/aromatic N) is 2. The number of rotatable bonds is 3. The Kier molecular flexibility index (Phi) is 3.48.